The molecule has 0 aromatic carbocycles. The molecule has 0 bridgehead atoms. The summed E-state index contributed by atoms with van der Waals surface area (Å²) in [5.41, 5.74) is 0. The average molecular weight is 295 g/mol. The molecule has 102 valence electrons. The van der Waals surface area contributed by atoms with E-state index < -0.39 is 11.8 Å². The van der Waals surface area contributed by atoms with E-state index in [9.17, 15) is 9.59 Å². The zero-order chi connectivity index (χ0) is 12.8. The molecule has 1 heterocycles. The van der Waals surface area contributed by atoms with Gasteiger partial charge in [-0.2, -0.15) is 0 Å². The Morgan fingerprint density at radius 2 is 1.00 bits per heavy atom. The molecular weight excluding hydrogens is 278 g/mol. The monoisotopic (exact) mass is 295 g/mol. The van der Waals surface area contributed by atoms with Crippen molar-refractivity contribution in [3.8, 4) is 0 Å². The molecule has 18 heavy (non-hydrogen) atoms. The van der Waals surface area contributed by atoms with Crippen molar-refractivity contribution in [2.24, 2.45) is 0 Å². The molecule has 0 N–H and O–H groups in total. The van der Waals surface area contributed by atoms with Crippen LogP contribution in [0.1, 0.15) is 32.1 Å². The topological polar surface area (TPSA) is 82.4 Å². The van der Waals surface area contributed by atoms with Crippen LogP contribution in [0.2, 0.25) is 0 Å². The molecule has 0 atom stereocenters. The summed E-state index contributed by atoms with van der Waals surface area (Å²) in [5.74, 6) is -0.907. The van der Waals surface area contributed by atoms with Gasteiger partial charge in [-0.1, -0.05) is 32.1 Å². The number of imide groups is 1. The Balaban J connectivity index is -0.0000000802. The van der Waals surface area contributed by atoms with Crippen molar-refractivity contribution in [3.63, 3.8) is 0 Å². The second kappa shape index (κ2) is 21.1. The normalized spacial score (nSPS) is 14.0. The second-order valence-corrected chi connectivity index (χ2v) is 2.89. The number of carbonyl (C=O) groups excluding carboxylic acids is 4. The maximum atomic E-state index is 9.98. The van der Waals surface area contributed by atoms with Gasteiger partial charge in [0.1, 0.15) is 0 Å². The predicted molar refractivity (Wildman–Crippen MR) is 65.5 cm³/mol. The zero-order valence-electron chi connectivity index (χ0n) is 10.3. The molecule has 1 aliphatic carbocycles. The summed E-state index contributed by atoms with van der Waals surface area (Å²) in [5, 5.41) is 3.00. The molecule has 0 saturated heterocycles. The van der Waals surface area contributed by atoms with Crippen LogP contribution >= 0.6 is 0 Å². The number of amides is 2. The minimum atomic E-state index is -0.454. The first-order valence-electron chi connectivity index (χ1n) is 4.74. The van der Waals surface area contributed by atoms with E-state index in [2.05, 4.69) is 18.9 Å². The Morgan fingerprint density at radius 3 is 1.11 bits per heavy atom. The average Bonchev–Trinajstić information content (AvgIpc) is 2.99. The van der Waals surface area contributed by atoms with Gasteiger partial charge in [0.15, 0.2) is 0 Å². The first-order chi connectivity index (χ1) is 7.79. The summed E-state index contributed by atoms with van der Waals surface area (Å²) in [6, 6.07) is 0. The minimum Gasteiger partial charge on any atom is -0.589 e. The van der Waals surface area contributed by atoms with Crippen molar-refractivity contribution in [1.82, 2.24) is 0 Å². The van der Waals surface area contributed by atoms with Crippen molar-refractivity contribution < 1.29 is 36.2 Å². The molecule has 1 aliphatic heterocycles. The van der Waals surface area contributed by atoms with Gasteiger partial charge in [-0.25, -0.2) is 0 Å². The quantitative estimate of drug-likeness (QED) is 0.295. The minimum absolute atomic E-state index is 0. The van der Waals surface area contributed by atoms with E-state index in [1.165, 1.54) is 32.1 Å². The first-order valence-corrected chi connectivity index (χ1v) is 4.74. The molecule has 2 aliphatic rings. The molecule has 1 saturated carbocycles. The Bertz CT molecular complexity index is 215. The molecule has 0 unspecified atom stereocenters. The van der Waals surface area contributed by atoms with Crippen molar-refractivity contribution >= 4 is 25.4 Å². The number of hydrogen-bond donors (Lipinski definition) is 0. The van der Waals surface area contributed by atoms with Gasteiger partial charge in [-0.3, -0.25) is 13.6 Å². The molecule has 0 aromatic heterocycles. The maximum Gasteiger partial charge on any atom is 4.00 e. The van der Waals surface area contributed by atoms with Crippen LogP contribution in [0.4, 0.5) is 0 Å². The number of nitrogens with zero attached hydrogens (tertiary/aromatic N) is 1. The smallest absolute Gasteiger partial charge is 0.589 e. The van der Waals surface area contributed by atoms with Gasteiger partial charge < -0.3 is 31.9 Å². The van der Waals surface area contributed by atoms with Crippen LogP contribution < -0.4 is 0 Å². The Labute approximate surface area is 119 Å². The molecule has 0 radical (unpaired) electrons. The predicted octanol–water partition coefficient (Wildman–Crippen LogP) is 1.83. The molecular formula is C12H17FeNO4. The van der Waals surface area contributed by atoms with E-state index in [0.717, 1.165) is 12.2 Å². The molecule has 1 fully saturated rings. The summed E-state index contributed by atoms with van der Waals surface area (Å²) in [6.45, 7) is 6.50. The van der Waals surface area contributed by atoms with Crippen LogP contribution in [0.25, 0.3) is 5.32 Å². The SMILES string of the molecule is C1CCCC1.O=C1C=CC(=O)[N-]1.[CH-]=O.[CH-]=O.[CH3-].[Fe+4]. The van der Waals surface area contributed by atoms with Gasteiger partial charge in [0.2, 0.25) is 0 Å². The third kappa shape index (κ3) is 17.1. The van der Waals surface area contributed by atoms with Crippen LogP contribution in [0.15, 0.2) is 12.2 Å². The van der Waals surface area contributed by atoms with Crippen molar-refractivity contribution in [2.75, 3.05) is 0 Å². The maximum absolute atomic E-state index is 9.98. The largest absolute Gasteiger partial charge is 4.00 e. The van der Waals surface area contributed by atoms with E-state index >= 15 is 0 Å². The van der Waals surface area contributed by atoms with Crippen LogP contribution in [-0.4, -0.2) is 25.4 Å². The standard InChI is InChI=1S/C5H10.C4H3NO2.2CHO.CH3.Fe/c1-2-4-5-3-1;6-3-1-2-4(7)5-3;2*1-2;;/h1-5H2;1-2H,(H,5,6,7);2*1H;1H3;/q;;3*-1;+4/p-1. The van der Waals surface area contributed by atoms with Gasteiger partial charge in [-0.15, -0.1) is 0 Å². The van der Waals surface area contributed by atoms with Gasteiger partial charge in [-0.05, 0) is 12.2 Å². The van der Waals surface area contributed by atoms with Gasteiger partial charge in [0, 0.05) is 0 Å². The van der Waals surface area contributed by atoms with Crippen molar-refractivity contribution in [1.29, 1.82) is 0 Å². The molecule has 0 spiro atoms. The van der Waals surface area contributed by atoms with E-state index in [1.807, 2.05) is 0 Å². The van der Waals surface area contributed by atoms with E-state index in [-0.39, 0.29) is 24.5 Å². The number of carbonyl (C=O) groups is 2. The fourth-order valence-electron chi connectivity index (χ4n) is 1.21. The molecule has 6 heteroatoms. The fourth-order valence-corrected chi connectivity index (χ4v) is 1.21. The molecule has 5 nitrogen and oxygen atoms in total. The summed E-state index contributed by atoms with van der Waals surface area (Å²) in [7, 11) is 0. The molecule has 2 rings (SSSR count). The van der Waals surface area contributed by atoms with Crippen LogP contribution in [0, 0.1) is 7.43 Å². The molecule has 0 aromatic rings. The Kier molecular flexibility index (Phi) is 29.9. The van der Waals surface area contributed by atoms with Gasteiger partial charge in [0.25, 0.3) is 0 Å². The Hall–Kier alpha value is -1.26. The first kappa shape index (κ1) is 25.6. The Morgan fingerprint density at radius 1 is 0.778 bits per heavy atom. The van der Waals surface area contributed by atoms with Crippen molar-refractivity contribution in [2.45, 2.75) is 32.1 Å². The second-order valence-electron chi connectivity index (χ2n) is 2.89. The summed E-state index contributed by atoms with van der Waals surface area (Å²) >= 11 is 0. The summed E-state index contributed by atoms with van der Waals surface area (Å²) in [6.07, 6.45) is 9.78. The van der Waals surface area contributed by atoms with Crippen LogP contribution in [-0.2, 0) is 36.2 Å². The van der Waals surface area contributed by atoms with Gasteiger partial charge in [0.05, 0.1) is 11.8 Å². The third-order valence-electron chi connectivity index (χ3n) is 1.84. The third-order valence-corrected chi connectivity index (χ3v) is 1.84. The zero-order valence-corrected chi connectivity index (χ0v) is 11.4. The van der Waals surface area contributed by atoms with Crippen molar-refractivity contribution in [3.05, 3.63) is 24.9 Å². The molecule has 2 amide bonds. The van der Waals surface area contributed by atoms with Crippen LogP contribution in [0.3, 0.4) is 0 Å². The summed E-state index contributed by atoms with van der Waals surface area (Å²) < 4.78 is 0. The van der Waals surface area contributed by atoms with E-state index in [1.54, 1.807) is 0 Å². The van der Waals surface area contributed by atoms with Gasteiger partial charge >= 0.3 is 17.1 Å². The number of hydrogen-bond acceptors (Lipinski definition) is 4. The number of rotatable bonds is 0. The fraction of sp³-hybridized carbons (Fsp3) is 0.417. The van der Waals surface area contributed by atoms with Crippen LogP contribution in [0.5, 0.6) is 0 Å². The van der Waals surface area contributed by atoms with E-state index in [0.29, 0.717) is 0 Å². The summed E-state index contributed by atoms with van der Waals surface area (Å²) in [4.78, 5) is 35.5. The van der Waals surface area contributed by atoms with E-state index in [4.69, 9.17) is 9.59 Å².